The van der Waals surface area contributed by atoms with E-state index in [0.717, 1.165) is 30.8 Å². The van der Waals surface area contributed by atoms with Gasteiger partial charge in [0.1, 0.15) is 5.54 Å². The van der Waals surface area contributed by atoms with Crippen molar-refractivity contribution >= 4 is 17.7 Å². The molecule has 0 bridgehead atoms. The molecule has 1 unspecified atom stereocenters. The summed E-state index contributed by atoms with van der Waals surface area (Å²) >= 11 is 1.51. The number of hydrogen-bond donors (Lipinski definition) is 2. The molecule has 0 spiro atoms. The number of carbonyl (C=O) groups is 1. The van der Waals surface area contributed by atoms with Crippen molar-refractivity contribution in [3.05, 3.63) is 0 Å². The Kier molecular flexibility index (Phi) is 3.22. The molecule has 19 heavy (non-hydrogen) atoms. The van der Waals surface area contributed by atoms with Gasteiger partial charge in [0.15, 0.2) is 0 Å². The molecule has 1 aromatic heterocycles. The molecule has 1 aromatic rings. The normalized spacial score (nSPS) is 22.2. The van der Waals surface area contributed by atoms with Gasteiger partial charge in [0.05, 0.1) is 6.04 Å². The summed E-state index contributed by atoms with van der Waals surface area (Å²) in [5, 5.41) is 15.7. The van der Waals surface area contributed by atoms with E-state index in [-0.39, 0.29) is 5.91 Å². The van der Waals surface area contributed by atoms with E-state index in [2.05, 4.69) is 20.8 Å². The van der Waals surface area contributed by atoms with Gasteiger partial charge in [0, 0.05) is 5.75 Å². The molecule has 1 amide bonds. The van der Waals surface area contributed by atoms with Gasteiger partial charge in [0.2, 0.25) is 11.1 Å². The topological polar surface area (TPSA) is 98.7 Å². The summed E-state index contributed by atoms with van der Waals surface area (Å²) in [5.74, 6) is 0.638. The van der Waals surface area contributed by atoms with Gasteiger partial charge in [0.25, 0.3) is 0 Å². The molecule has 0 saturated heterocycles. The smallest absolute Gasteiger partial charge is 0.238 e. The summed E-state index contributed by atoms with van der Waals surface area (Å²) in [4.78, 5) is 11.8. The van der Waals surface area contributed by atoms with E-state index >= 15 is 0 Å². The first-order valence-corrected chi connectivity index (χ1v) is 7.55. The number of tetrazole rings is 1. The van der Waals surface area contributed by atoms with Crippen molar-refractivity contribution in [1.82, 2.24) is 25.5 Å². The highest BCUT2D eigenvalue weighted by Gasteiger charge is 2.49. The molecule has 104 valence electrons. The zero-order valence-corrected chi connectivity index (χ0v) is 11.7. The fraction of sp³-hybridized carbons (Fsp3) is 0.818. The van der Waals surface area contributed by atoms with Crippen molar-refractivity contribution < 1.29 is 4.79 Å². The quantitative estimate of drug-likeness (QED) is 0.681. The van der Waals surface area contributed by atoms with Crippen LogP contribution in [0.3, 0.4) is 0 Å². The molecular weight excluding hydrogens is 264 g/mol. The molecular formula is C11H18N6OS. The second-order valence-corrected chi connectivity index (χ2v) is 6.23. The van der Waals surface area contributed by atoms with Crippen LogP contribution in [-0.4, -0.2) is 44.5 Å². The molecule has 3 rings (SSSR count). The predicted octanol–water partition coefficient (Wildman–Crippen LogP) is -0.0464. The highest BCUT2D eigenvalue weighted by Crippen LogP contribution is 2.43. The summed E-state index contributed by atoms with van der Waals surface area (Å²) in [6, 6.07) is 0.441. The predicted molar refractivity (Wildman–Crippen MR) is 70.5 cm³/mol. The number of likely N-dealkylation sites (N-methyl/N-ethyl adjacent to an activating group) is 1. The minimum absolute atomic E-state index is 0.282. The standard InChI is InChI=1S/C11H18N6OS/c1-13-11(9(12)18,7-2-3-7)6-19-10-14-15-16-17(10)8-4-5-8/h7-8,13H,2-6H2,1H3,(H2,12,18). The SMILES string of the molecule is CNC(CSc1nnnn1C1CC1)(C(N)=O)C1CC1. The van der Waals surface area contributed by atoms with Gasteiger partial charge in [-0.2, -0.15) is 0 Å². The Balaban J connectivity index is 1.72. The molecule has 2 aliphatic rings. The van der Waals surface area contributed by atoms with Crippen molar-refractivity contribution in [2.45, 2.75) is 42.4 Å². The van der Waals surface area contributed by atoms with Crippen LogP contribution in [0.4, 0.5) is 0 Å². The second kappa shape index (κ2) is 4.75. The third kappa shape index (κ3) is 2.34. The average molecular weight is 282 g/mol. The van der Waals surface area contributed by atoms with Gasteiger partial charge in [-0.05, 0) is 49.1 Å². The number of nitrogens with two attached hydrogens (primary N) is 1. The van der Waals surface area contributed by atoms with E-state index in [1.165, 1.54) is 11.8 Å². The number of rotatable bonds is 7. The van der Waals surface area contributed by atoms with E-state index in [1.807, 2.05) is 4.68 Å². The van der Waals surface area contributed by atoms with E-state index in [4.69, 9.17) is 5.73 Å². The highest BCUT2D eigenvalue weighted by molar-refractivity contribution is 7.99. The first kappa shape index (κ1) is 12.9. The monoisotopic (exact) mass is 282 g/mol. The number of primary amides is 1. The minimum Gasteiger partial charge on any atom is -0.368 e. The third-order valence-corrected chi connectivity index (χ3v) is 5.07. The first-order chi connectivity index (χ1) is 9.17. The lowest BCUT2D eigenvalue weighted by atomic mass is 9.95. The zero-order chi connectivity index (χ0) is 13.5. The maximum atomic E-state index is 11.8. The van der Waals surface area contributed by atoms with E-state index in [1.54, 1.807) is 7.05 Å². The maximum Gasteiger partial charge on any atom is 0.238 e. The molecule has 2 saturated carbocycles. The summed E-state index contributed by atoms with van der Waals surface area (Å²) < 4.78 is 1.86. The summed E-state index contributed by atoms with van der Waals surface area (Å²) in [7, 11) is 1.80. The Morgan fingerprint density at radius 3 is 2.79 bits per heavy atom. The lowest BCUT2D eigenvalue weighted by Crippen LogP contribution is -2.57. The molecule has 2 fully saturated rings. The summed E-state index contributed by atoms with van der Waals surface area (Å²) in [6.45, 7) is 0. The van der Waals surface area contributed by atoms with Crippen LogP contribution in [0.2, 0.25) is 0 Å². The molecule has 0 aliphatic heterocycles. The van der Waals surface area contributed by atoms with Gasteiger partial charge in [-0.25, -0.2) is 4.68 Å². The molecule has 1 atom stereocenters. The van der Waals surface area contributed by atoms with Gasteiger partial charge in [-0.3, -0.25) is 4.79 Å². The first-order valence-electron chi connectivity index (χ1n) is 6.57. The van der Waals surface area contributed by atoms with Crippen molar-refractivity contribution in [3.63, 3.8) is 0 Å². The fourth-order valence-corrected chi connectivity index (χ4v) is 3.66. The number of thioether (sulfide) groups is 1. The number of nitrogens with zero attached hydrogens (tertiary/aromatic N) is 4. The molecule has 8 heteroatoms. The van der Waals surface area contributed by atoms with Crippen LogP contribution in [0.5, 0.6) is 0 Å². The fourth-order valence-electron chi connectivity index (χ4n) is 2.37. The van der Waals surface area contributed by atoms with E-state index in [9.17, 15) is 4.79 Å². The molecule has 3 N–H and O–H groups in total. The van der Waals surface area contributed by atoms with Crippen molar-refractivity contribution in [2.24, 2.45) is 11.7 Å². The van der Waals surface area contributed by atoms with Crippen LogP contribution in [0, 0.1) is 5.92 Å². The molecule has 2 aliphatic carbocycles. The zero-order valence-electron chi connectivity index (χ0n) is 10.9. The Labute approximate surface area is 115 Å². The Morgan fingerprint density at radius 2 is 2.26 bits per heavy atom. The number of hydrogen-bond acceptors (Lipinski definition) is 6. The number of nitrogens with one attached hydrogen (secondary N) is 1. The van der Waals surface area contributed by atoms with E-state index < -0.39 is 5.54 Å². The average Bonchev–Trinajstić information content (AvgIpc) is 3.30. The Hall–Kier alpha value is -1.15. The number of aromatic nitrogens is 4. The molecule has 1 heterocycles. The third-order valence-electron chi connectivity index (χ3n) is 3.94. The van der Waals surface area contributed by atoms with Crippen LogP contribution in [-0.2, 0) is 4.79 Å². The van der Waals surface area contributed by atoms with Gasteiger partial charge < -0.3 is 11.1 Å². The summed E-state index contributed by atoms with van der Waals surface area (Å²) in [5.41, 5.74) is 4.97. The van der Waals surface area contributed by atoms with Crippen molar-refractivity contribution in [2.75, 3.05) is 12.8 Å². The number of amides is 1. The Bertz CT molecular complexity index is 483. The van der Waals surface area contributed by atoms with Crippen LogP contribution >= 0.6 is 11.8 Å². The maximum absolute atomic E-state index is 11.8. The largest absolute Gasteiger partial charge is 0.368 e. The lowest BCUT2D eigenvalue weighted by molar-refractivity contribution is -0.124. The van der Waals surface area contributed by atoms with Crippen LogP contribution in [0.15, 0.2) is 5.16 Å². The van der Waals surface area contributed by atoms with Crippen molar-refractivity contribution in [3.8, 4) is 0 Å². The second-order valence-electron chi connectivity index (χ2n) is 5.29. The van der Waals surface area contributed by atoms with Crippen molar-refractivity contribution in [1.29, 1.82) is 0 Å². The van der Waals surface area contributed by atoms with E-state index in [0.29, 0.717) is 17.7 Å². The molecule has 7 nitrogen and oxygen atoms in total. The molecule has 0 aromatic carbocycles. The minimum atomic E-state index is -0.634. The highest BCUT2D eigenvalue weighted by atomic mass is 32.2. The number of carbonyl (C=O) groups excluding carboxylic acids is 1. The summed E-state index contributed by atoms with van der Waals surface area (Å²) in [6.07, 6.45) is 4.37. The van der Waals surface area contributed by atoms with Crippen LogP contribution in [0.25, 0.3) is 0 Å². The van der Waals surface area contributed by atoms with Gasteiger partial charge in [-0.15, -0.1) is 5.10 Å². The lowest BCUT2D eigenvalue weighted by Gasteiger charge is -2.29. The van der Waals surface area contributed by atoms with Crippen LogP contribution in [0.1, 0.15) is 31.7 Å². The van der Waals surface area contributed by atoms with Crippen LogP contribution < -0.4 is 11.1 Å². The Morgan fingerprint density at radius 1 is 1.53 bits per heavy atom. The van der Waals surface area contributed by atoms with Gasteiger partial charge >= 0.3 is 0 Å². The molecule has 0 radical (unpaired) electrons. The van der Waals surface area contributed by atoms with Gasteiger partial charge in [-0.1, -0.05) is 11.8 Å².